The number of hydrogen-bond donors (Lipinski definition) is 0. The molecule has 8 nitrogen and oxygen atoms in total. The molecule has 2 aromatic carbocycles. The van der Waals surface area contributed by atoms with E-state index in [1.807, 2.05) is 0 Å². The minimum absolute atomic E-state index is 0.140. The molecular formula is C25H25O8P. The molecule has 0 radical (unpaired) electrons. The van der Waals surface area contributed by atoms with Crippen molar-refractivity contribution in [1.82, 2.24) is 0 Å². The van der Waals surface area contributed by atoms with E-state index >= 15 is 0 Å². The van der Waals surface area contributed by atoms with Crippen LogP contribution in [0.5, 0.6) is 11.5 Å². The summed E-state index contributed by atoms with van der Waals surface area (Å²) in [6.45, 7) is 1.83. The summed E-state index contributed by atoms with van der Waals surface area (Å²) in [5.74, 6) is -0.912. The number of para-hydroxylation sites is 2. The van der Waals surface area contributed by atoms with Crippen molar-refractivity contribution >= 4 is 19.8 Å². The van der Waals surface area contributed by atoms with E-state index in [0.29, 0.717) is 19.3 Å². The summed E-state index contributed by atoms with van der Waals surface area (Å²) in [4.78, 5) is 24.6. The van der Waals surface area contributed by atoms with E-state index in [1.54, 1.807) is 73.7 Å². The van der Waals surface area contributed by atoms with Crippen LogP contribution in [0.4, 0.5) is 0 Å². The molecule has 0 amide bonds. The Morgan fingerprint density at radius 1 is 1.00 bits per heavy atom. The van der Waals surface area contributed by atoms with Gasteiger partial charge in [0.25, 0.3) is 0 Å². The molecule has 0 saturated heterocycles. The van der Waals surface area contributed by atoms with Crippen molar-refractivity contribution in [1.29, 1.82) is 0 Å². The van der Waals surface area contributed by atoms with Crippen LogP contribution in [0.15, 0.2) is 84.1 Å². The number of carbonyl (C=O) groups is 2. The number of cyclic esters (lactones) is 1. The van der Waals surface area contributed by atoms with Gasteiger partial charge in [-0.15, -0.1) is 0 Å². The topological polar surface area (TPSA) is 97.4 Å². The highest BCUT2D eigenvalue weighted by Crippen LogP contribution is 2.53. The Labute approximate surface area is 197 Å². The summed E-state index contributed by atoms with van der Waals surface area (Å²) >= 11 is 0. The predicted octanol–water partition coefficient (Wildman–Crippen LogP) is 5.37. The van der Waals surface area contributed by atoms with E-state index in [9.17, 15) is 14.2 Å². The van der Waals surface area contributed by atoms with Gasteiger partial charge in [0.2, 0.25) is 0 Å². The number of phosphoric ester groups is 1. The third kappa shape index (κ3) is 5.69. The van der Waals surface area contributed by atoms with Gasteiger partial charge in [0.1, 0.15) is 23.4 Å². The Hall–Kier alpha value is -3.51. The van der Waals surface area contributed by atoms with Gasteiger partial charge in [-0.2, -0.15) is 4.57 Å². The standard InChI is InChI=1S/C25H25O8P/c1-2-29-25(27)24-20(21-16-17-23(26)30-21)14-9-15-22(24)33-34(28,31-18-10-5-3-6-11-18)32-19-12-7-4-8-13-19/h3-8,10-13,16-17,20-21H,2,9,14-15H2,1H3. The summed E-state index contributed by atoms with van der Waals surface area (Å²) in [5, 5.41) is 0. The Morgan fingerprint density at radius 3 is 2.15 bits per heavy atom. The summed E-state index contributed by atoms with van der Waals surface area (Å²) in [6.07, 6.45) is 3.78. The van der Waals surface area contributed by atoms with Crippen molar-refractivity contribution in [3.8, 4) is 11.5 Å². The Bertz CT molecular complexity index is 1080. The van der Waals surface area contributed by atoms with Crippen LogP contribution < -0.4 is 9.05 Å². The average Bonchev–Trinajstić information content (AvgIpc) is 3.26. The molecule has 0 fully saturated rings. The van der Waals surface area contributed by atoms with Crippen LogP contribution in [0.1, 0.15) is 26.2 Å². The molecule has 2 aliphatic rings. The molecular weight excluding hydrogens is 459 g/mol. The molecule has 1 aliphatic heterocycles. The van der Waals surface area contributed by atoms with Crippen LogP contribution in [-0.2, 0) is 28.2 Å². The van der Waals surface area contributed by atoms with Crippen LogP contribution in [0, 0.1) is 5.92 Å². The molecule has 34 heavy (non-hydrogen) atoms. The third-order valence-corrected chi connectivity index (χ3v) is 6.61. The largest absolute Gasteiger partial charge is 0.646 e. The van der Waals surface area contributed by atoms with Gasteiger partial charge < -0.3 is 23.0 Å². The molecule has 0 bridgehead atoms. The Balaban J connectivity index is 1.71. The lowest BCUT2D eigenvalue weighted by Gasteiger charge is -2.30. The van der Waals surface area contributed by atoms with Crippen LogP contribution in [0.3, 0.4) is 0 Å². The van der Waals surface area contributed by atoms with Crippen LogP contribution in [0.2, 0.25) is 0 Å². The second-order valence-electron chi connectivity index (χ2n) is 7.66. The highest BCUT2D eigenvalue weighted by atomic mass is 31.2. The van der Waals surface area contributed by atoms with Crippen molar-refractivity contribution in [3.63, 3.8) is 0 Å². The summed E-state index contributed by atoms with van der Waals surface area (Å²) in [7, 11) is -4.29. The van der Waals surface area contributed by atoms with Gasteiger partial charge in [0.15, 0.2) is 0 Å². The predicted molar refractivity (Wildman–Crippen MR) is 123 cm³/mol. The highest BCUT2D eigenvalue weighted by Gasteiger charge is 2.42. The molecule has 0 saturated carbocycles. The number of carbonyl (C=O) groups excluding carboxylic acids is 2. The maximum absolute atomic E-state index is 13.9. The van der Waals surface area contributed by atoms with Gasteiger partial charge in [0, 0.05) is 18.4 Å². The zero-order valence-electron chi connectivity index (χ0n) is 18.6. The van der Waals surface area contributed by atoms with Crippen LogP contribution in [0.25, 0.3) is 0 Å². The molecule has 2 unspecified atom stereocenters. The van der Waals surface area contributed by atoms with Crippen molar-refractivity contribution in [2.45, 2.75) is 32.3 Å². The van der Waals surface area contributed by atoms with Gasteiger partial charge >= 0.3 is 19.8 Å². The lowest BCUT2D eigenvalue weighted by atomic mass is 9.82. The first-order chi connectivity index (χ1) is 16.5. The fourth-order valence-electron chi connectivity index (χ4n) is 3.88. The monoisotopic (exact) mass is 484 g/mol. The number of allylic oxidation sites excluding steroid dienone is 1. The maximum Gasteiger partial charge on any atom is 0.646 e. The molecule has 0 aromatic heterocycles. The van der Waals surface area contributed by atoms with Crippen molar-refractivity contribution in [2.75, 3.05) is 6.61 Å². The molecule has 1 heterocycles. The second-order valence-corrected chi connectivity index (χ2v) is 9.11. The zero-order chi connectivity index (χ0) is 24.0. The number of rotatable bonds is 9. The smallest absolute Gasteiger partial charge is 0.463 e. The Kier molecular flexibility index (Phi) is 7.38. The maximum atomic E-state index is 13.9. The van der Waals surface area contributed by atoms with Gasteiger partial charge in [-0.05, 0) is 50.1 Å². The van der Waals surface area contributed by atoms with E-state index in [-0.39, 0.29) is 29.4 Å². The number of ether oxygens (including phenoxy) is 2. The van der Waals surface area contributed by atoms with Gasteiger partial charge in [-0.25, -0.2) is 9.59 Å². The average molecular weight is 484 g/mol. The van der Waals surface area contributed by atoms with E-state index in [2.05, 4.69) is 0 Å². The quantitative estimate of drug-likeness (QED) is 0.346. The SMILES string of the molecule is CCOC(=O)C1=C(OP(=O)(Oc2ccccc2)Oc2ccccc2)CCCC1C1C=CC(=O)O1. The Morgan fingerprint density at radius 2 is 1.62 bits per heavy atom. The van der Waals surface area contributed by atoms with Gasteiger partial charge in [-0.3, -0.25) is 0 Å². The zero-order valence-corrected chi connectivity index (χ0v) is 19.5. The summed E-state index contributed by atoms with van der Waals surface area (Å²) < 4.78 is 41.8. The van der Waals surface area contributed by atoms with Crippen molar-refractivity contribution in [3.05, 3.63) is 84.1 Å². The van der Waals surface area contributed by atoms with Gasteiger partial charge in [0.05, 0.1) is 12.2 Å². The summed E-state index contributed by atoms with van der Waals surface area (Å²) in [6, 6.07) is 17.0. The highest BCUT2D eigenvalue weighted by molar-refractivity contribution is 7.49. The number of esters is 2. The summed E-state index contributed by atoms with van der Waals surface area (Å²) in [5.41, 5.74) is 0.172. The van der Waals surface area contributed by atoms with Crippen molar-refractivity contribution < 1.29 is 37.2 Å². The van der Waals surface area contributed by atoms with E-state index in [1.165, 1.54) is 6.08 Å². The fourth-order valence-corrected chi connectivity index (χ4v) is 5.21. The van der Waals surface area contributed by atoms with Gasteiger partial charge in [-0.1, -0.05) is 36.4 Å². The lowest BCUT2D eigenvalue weighted by molar-refractivity contribution is -0.144. The minimum Gasteiger partial charge on any atom is -0.463 e. The van der Waals surface area contributed by atoms with E-state index < -0.39 is 31.8 Å². The molecule has 0 N–H and O–H groups in total. The number of phosphoric acid groups is 1. The lowest BCUT2D eigenvalue weighted by Crippen LogP contribution is -2.31. The first kappa shape index (κ1) is 23.6. The van der Waals surface area contributed by atoms with Crippen LogP contribution >= 0.6 is 7.82 Å². The van der Waals surface area contributed by atoms with E-state index in [4.69, 9.17) is 23.0 Å². The number of benzene rings is 2. The third-order valence-electron chi connectivity index (χ3n) is 5.30. The molecule has 1 aliphatic carbocycles. The second kappa shape index (κ2) is 10.6. The first-order valence-electron chi connectivity index (χ1n) is 11.1. The molecule has 2 atom stereocenters. The normalized spacial score (nSPS) is 20.0. The number of hydrogen-bond acceptors (Lipinski definition) is 8. The van der Waals surface area contributed by atoms with Crippen molar-refractivity contribution in [2.24, 2.45) is 5.92 Å². The first-order valence-corrected chi connectivity index (χ1v) is 12.5. The molecule has 0 spiro atoms. The molecule has 9 heteroatoms. The molecule has 2 aromatic rings. The molecule has 178 valence electrons. The van der Waals surface area contributed by atoms with Crippen LogP contribution in [-0.4, -0.2) is 24.6 Å². The minimum atomic E-state index is -4.29. The molecule has 4 rings (SSSR count). The fraction of sp³-hybridized carbons (Fsp3) is 0.280. The van der Waals surface area contributed by atoms with E-state index in [0.717, 1.165) is 0 Å².